The van der Waals surface area contributed by atoms with Crippen molar-refractivity contribution in [1.82, 2.24) is 4.98 Å². The van der Waals surface area contributed by atoms with Crippen molar-refractivity contribution >= 4 is 40.8 Å². The average Bonchev–Trinajstić information content (AvgIpc) is 2.61. The Morgan fingerprint density at radius 2 is 1.92 bits per heavy atom. The molecule has 0 aliphatic carbocycles. The SMILES string of the molecule is OC1=CC=c2cnc3c(c2N1c1cccc(C(F)(F)F)c1)NC(Cl)=CC=3. The van der Waals surface area contributed by atoms with Gasteiger partial charge in [0.1, 0.15) is 5.16 Å². The molecule has 1 aromatic carbocycles. The van der Waals surface area contributed by atoms with Crippen LogP contribution in [0.15, 0.2) is 53.7 Å². The van der Waals surface area contributed by atoms with Crippen molar-refractivity contribution in [2.24, 2.45) is 0 Å². The van der Waals surface area contributed by atoms with E-state index in [-0.39, 0.29) is 11.6 Å². The number of halogens is 4. The number of aromatic nitrogens is 1. The van der Waals surface area contributed by atoms with Gasteiger partial charge in [0.25, 0.3) is 0 Å². The highest BCUT2D eigenvalue weighted by Crippen LogP contribution is 2.37. The number of aliphatic hydroxyl groups excluding tert-OH is 1. The highest BCUT2D eigenvalue weighted by Gasteiger charge is 2.32. The summed E-state index contributed by atoms with van der Waals surface area (Å²) in [5, 5.41) is 14.9. The van der Waals surface area contributed by atoms with E-state index in [0.717, 1.165) is 12.1 Å². The van der Waals surface area contributed by atoms with E-state index in [1.165, 1.54) is 23.1 Å². The second kappa shape index (κ2) is 5.81. The third-order valence-corrected chi connectivity index (χ3v) is 4.26. The largest absolute Gasteiger partial charge is 0.494 e. The summed E-state index contributed by atoms with van der Waals surface area (Å²) in [5.74, 6) is -0.210. The maximum absolute atomic E-state index is 13.1. The summed E-state index contributed by atoms with van der Waals surface area (Å²) >= 11 is 6.04. The third-order valence-electron chi connectivity index (χ3n) is 4.04. The Kier molecular flexibility index (Phi) is 3.69. The normalized spacial score (nSPS) is 15.6. The van der Waals surface area contributed by atoms with Gasteiger partial charge in [0.2, 0.25) is 0 Å². The first-order valence-corrected chi connectivity index (χ1v) is 7.94. The molecule has 0 atom stereocenters. The van der Waals surface area contributed by atoms with Gasteiger partial charge in [-0.15, -0.1) is 0 Å². The van der Waals surface area contributed by atoms with E-state index in [4.69, 9.17) is 11.6 Å². The molecule has 0 fully saturated rings. The van der Waals surface area contributed by atoms with Gasteiger partial charge in [-0.2, -0.15) is 13.2 Å². The van der Waals surface area contributed by atoms with Crippen molar-refractivity contribution in [1.29, 1.82) is 0 Å². The summed E-state index contributed by atoms with van der Waals surface area (Å²) in [6, 6.07) is 4.75. The number of pyridine rings is 1. The van der Waals surface area contributed by atoms with Crippen molar-refractivity contribution in [3.05, 3.63) is 69.8 Å². The highest BCUT2D eigenvalue weighted by atomic mass is 35.5. The summed E-state index contributed by atoms with van der Waals surface area (Å²) in [6.07, 6.45) is 3.45. The number of nitrogens with zero attached hydrogens (tertiary/aromatic N) is 2. The van der Waals surface area contributed by atoms with Crippen LogP contribution < -0.4 is 20.8 Å². The molecular formula is C18H11ClF3N3O. The smallest absolute Gasteiger partial charge is 0.416 e. The van der Waals surface area contributed by atoms with Gasteiger partial charge in [0.05, 0.1) is 22.3 Å². The number of nitrogens with one attached hydrogen (secondary N) is 1. The fraction of sp³-hybridized carbons (Fsp3) is 0.0556. The van der Waals surface area contributed by atoms with Crippen LogP contribution >= 0.6 is 11.6 Å². The van der Waals surface area contributed by atoms with Crippen LogP contribution in [0.1, 0.15) is 5.56 Å². The minimum absolute atomic E-state index is 0.170. The van der Waals surface area contributed by atoms with E-state index in [2.05, 4.69) is 10.3 Å². The Bertz CT molecular complexity index is 1090. The summed E-state index contributed by atoms with van der Waals surface area (Å²) in [7, 11) is 0. The molecule has 4 rings (SSSR count). The number of anilines is 3. The number of fused-ring (bicyclic) bond motifs is 3. The van der Waals surface area contributed by atoms with Crippen LogP contribution in [-0.2, 0) is 6.18 Å². The van der Waals surface area contributed by atoms with Crippen LogP contribution in [0, 0.1) is 0 Å². The van der Waals surface area contributed by atoms with Crippen LogP contribution in [-0.4, -0.2) is 10.1 Å². The Morgan fingerprint density at radius 3 is 2.69 bits per heavy atom. The molecule has 132 valence electrons. The number of hydrogen-bond donors (Lipinski definition) is 2. The van der Waals surface area contributed by atoms with Crippen LogP contribution in [0.4, 0.5) is 30.2 Å². The van der Waals surface area contributed by atoms with Gasteiger partial charge in [-0.05, 0) is 42.5 Å². The summed E-state index contributed by atoms with van der Waals surface area (Å²) < 4.78 is 39.3. The summed E-state index contributed by atoms with van der Waals surface area (Å²) in [6.45, 7) is 0. The van der Waals surface area contributed by atoms with Crippen molar-refractivity contribution in [3.8, 4) is 0 Å². The van der Waals surface area contributed by atoms with Crippen LogP contribution in [0.5, 0.6) is 0 Å². The van der Waals surface area contributed by atoms with Gasteiger partial charge in [-0.1, -0.05) is 17.7 Å². The van der Waals surface area contributed by atoms with Crippen molar-refractivity contribution in [2.75, 3.05) is 10.2 Å². The first-order chi connectivity index (χ1) is 12.3. The zero-order valence-corrected chi connectivity index (χ0v) is 13.8. The quantitative estimate of drug-likeness (QED) is 0.744. The monoisotopic (exact) mass is 377 g/mol. The molecule has 0 saturated heterocycles. The number of benzene rings is 1. The average molecular weight is 378 g/mol. The van der Waals surface area contributed by atoms with Gasteiger partial charge in [-0.25, -0.2) is 0 Å². The molecule has 0 bridgehead atoms. The van der Waals surface area contributed by atoms with Gasteiger partial charge in [-0.3, -0.25) is 9.88 Å². The molecule has 2 N–H and O–H groups in total. The van der Waals surface area contributed by atoms with Crippen molar-refractivity contribution < 1.29 is 18.3 Å². The van der Waals surface area contributed by atoms with E-state index >= 15 is 0 Å². The number of hydrogen-bond acceptors (Lipinski definition) is 4. The minimum atomic E-state index is -4.49. The molecule has 26 heavy (non-hydrogen) atoms. The Hall–Kier alpha value is -2.93. The minimum Gasteiger partial charge on any atom is -0.494 e. The number of aliphatic hydroxyl groups is 1. The molecule has 0 unspecified atom stereocenters. The van der Waals surface area contributed by atoms with E-state index in [1.807, 2.05) is 0 Å². The third kappa shape index (κ3) is 2.70. The van der Waals surface area contributed by atoms with Crippen LogP contribution in [0.3, 0.4) is 0 Å². The molecule has 2 aromatic rings. The molecule has 0 radical (unpaired) electrons. The lowest BCUT2D eigenvalue weighted by Crippen LogP contribution is -2.32. The lowest BCUT2D eigenvalue weighted by atomic mass is 10.1. The van der Waals surface area contributed by atoms with E-state index in [1.54, 1.807) is 24.4 Å². The fourth-order valence-electron chi connectivity index (χ4n) is 2.89. The Morgan fingerprint density at radius 1 is 1.12 bits per heavy atom. The zero-order chi connectivity index (χ0) is 18.5. The molecule has 8 heteroatoms. The maximum Gasteiger partial charge on any atom is 0.416 e. The maximum atomic E-state index is 13.1. The molecular weight excluding hydrogens is 367 g/mol. The molecule has 1 aromatic heterocycles. The second-order valence-corrected chi connectivity index (χ2v) is 6.11. The van der Waals surface area contributed by atoms with Crippen molar-refractivity contribution in [3.63, 3.8) is 0 Å². The lowest BCUT2D eigenvalue weighted by molar-refractivity contribution is -0.137. The zero-order valence-electron chi connectivity index (χ0n) is 13.0. The molecule has 2 aliphatic heterocycles. The van der Waals surface area contributed by atoms with Gasteiger partial charge >= 0.3 is 6.18 Å². The number of allylic oxidation sites excluding steroid dienone is 2. The first kappa shape index (κ1) is 16.5. The molecule has 4 nitrogen and oxygen atoms in total. The fourth-order valence-corrected chi connectivity index (χ4v) is 3.05. The molecule has 3 heterocycles. The lowest BCUT2D eigenvalue weighted by Gasteiger charge is -2.29. The van der Waals surface area contributed by atoms with Gasteiger partial charge in [0, 0.05) is 17.1 Å². The Balaban J connectivity index is 1.95. The Labute approximate surface area is 150 Å². The first-order valence-electron chi connectivity index (χ1n) is 7.56. The summed E-state index contributed by atoms with van der Waals surface area (Å²) in [5.41, 5.74) is 0.336. The van der Waals surface area contributed by atoms with Gasteiger partial charge < -0.3 is 10.4 Å². The topological polar surface area (TPSA) is 48.4 Å². The molecule has 2 aliphatic rings. The van der Waals surface area contributed by atoms with Crippen LogP contribution in [0.25, 0.3) is 12.2 Å². The molecule has 0 saturated carbocycles. The second-order valence-electron chi connectivity index (χ2n) is 5.70. The number of rotatable bonds is 1. The molecule has 0 amide bonds. The van der Waals surface area contributed by atoms with E-state index in [0.29, 0.717) is 27.1 Å². The van der Waals surface area contributed by atoms with Gasteiger partial charge in [0.15, 0.2) is 5.88 Å². The predicted octanol–water partition coefficient (Wildman–Crippen LogP) is 3.72. The van der Waals surface area contributed by atoms with Crippen LogP contribution in [0.2, 0.25) is 0 Å². The van der Waals surface area contributed by atoms with Crippen molar-refractivity contribution in [2.45, 2.75) is 6.18 Å². The summed E-state index contributed by atoms with van der Waals surface area (Å²) in [4.78, 5) is 5.64. The molecule has 0 spiro atoms. The van der Waals surface area contributed by atoms with E-state index < -0.39 is 11.7 Å². The van der Waals surface area contributed by atoms with E-state index in [9.17, 15) is 18.3 Å². The predicted molar refractivity (Wildman–Crippen MR) is 94.3 cm³/mol. The highest BCUT2D eigenvalue weighted by molar-refractivity contribution is 6.31. The number of alkyl halides is 3. The standard InChI is InChI=1S/C18H11ClF3N3O/c19-14-6-5-13-16(24-14)17-10(9-23-13)4-7-15(26)25(17)12-3-1-2-11(8-12)18(20,21)22/h1-9,24,26H.